The first kappa shape index (κ1) is 13.0. The fourth-order valence-electron chi connectivity index (χ4n) is 2.05. The zero-order valence-corrected chi connectivity index (χ0v) is 11.3. The highest BCUT2D eigenvalue weighted by atomic mass is 32.2. The predicted octanol–water partition coefficient (Wildman–Crippen LogP) is 1.84. The summed E-state index contributed by atoms with van der Waals surface area (Å²) in [6.07, 6.45) is 3.34. The van der Waals surface area contributed by atoms with Crippen molar-refractivity contribution in [3.05, 3.63) is 17.5 Å². The van der Waals surface area contributed by atoms with E-state index in [9.17, 15) is 10.1 Å². The molecule has 0 aromatic carbocycles. The van der Waals surface area contributed by atoms with E-state index in [1.165, 1.54) is 0 Å². The lowest BCUT2D eigenvalue weighted by atomic mass is 9.97. The number of aryl methyl sites for hydroxylation is 1. The number of piperidine rings is 1. The summed E-state index contributed by atoms with van der Waals surface area (Å²) in [5, 5.41) is 12.9. The van der Waals surface area contributed by atoms with Gasteiger partial charge in [0.2, 0.25) is 5.76 Å². The number of hydrogen-bond acceptors (Lipinski definition) is 5. The highest BCUT2D eigenvalue weighted by Crippen LogP contribution is 2.34. The minimum absolute atomic E-state index is 0.136. The Labute approximate surface area is 110 Å². The van der Waals surface area contributed by atoms with Crippen LogP contribution < -0.4 is 0 Å². The molecule has 0 spiro atoms. The molecule has 1 aliphatic heterocycles. The summed E-state index contributed by atoms with van der Waals surface area (Å²) in [4.78, 5) is 13.8. The van der Waals surface area contributed by atoms with E-state index in [1.54, 1.807) is 29.7 Å². The Bertz CT molecular complexity index is 484. The molecule has 2 rings (SSSR count). The van der Waals surface area contributed by atoms with Crippen LogP contribution in [0.4, 0.5) is 0 Å². The van der Waals surface area contributed by atoms with Crippen LogP contribution in [0.1, 0.15) is 29.1 Å². The predicted molar refractivity (Wildman–Crippen MR) is 68.2 cm³/mol. The molecule has 18 heavy (non-hydrogen) atoms. The number of carbonyl (C=O) groups is 1. The van der Waals surface area contributed by atoms with Crippen molar-refractivity contribution in [1.82, 2.24) is 10.1 Å². The van der Waals surface area contributed by atoms with Crippen molar-refractivity contribution in [2.24, 2.45) is 0 Å². The van der Waals surface area contributed by atoms with Crippen LogP contribution in [0.5, 0.6) is 0 Å². The second kappa shape index (κ2) is 5.02. The Morgan fingerprint density at radius 2 is 2.28 bits per heavy atom. The van der Waals surface area contributed by atoms with Gasteiger partial charge in [-0.15, -0.1) is 11.8 Å². The monoisotopic (exact) mass is 265 g/mol. The van der Waals surface area contributed by atoms with Crippen molar-refractivity contribution in [3.63, 3.8) is 0 Å². The van der Waals surface area contributed by atoms with Gasteiger partial charge in [-0.3, -0.25) is 4.79 Å². The lowest BCUT2D eigenvalue weighted by Crippen LogP contribution is -2.44. The van der Waals surface area contributed by atoms with Crippen molar-refractivity contribution in [2.75, 3.05) is 19.3 Å². The van der Waals surface area contributed by atoms with Gasteiger partial charge in [-0.2, -0.15) is 5.26 Å². The number of nitriles is 1. The summed E-state index contributed by atoms with van der Waals surface area (Å²) in [5.41, 5.74) is 0.700. The van der Waals surface area contributed by atoms with Gasteiger partial charge in [0, 0.05) is 19.2 Å². The molecule has 1 aliphatic rings. The number of aromatic nitrogens is 1. The molecule has 1 aromatic rings. The summed E-state index contributed by atoms with van der Waals surface area (Å²) in [6, 6.07) is 4.00. The SMILES string of the molecule is CSC1(C#N)CCN(C(=O)c2cc(C)no2)CC1. The molecule has 0 aliphatic carbocycles. The van der Waals surface area contributed by atoms with Gasteiger partial charge >= 0.3 is 0 Å². The summed E-state index contributed by atoms with van der Waals surface area (Å²) in [5.74, 6) is 0.143. The number of thioether (sulfide) groups is 1. The average molecular weight is 265 g/mol. The number of carbonyl (C=O) groups excluding carboxylic acids is 1. The molecule has 0 saturated carbocycles. The van der Waals surface area contributed by atoms with Gasteiger partial charge in [0.15, 0.2) is 0 Å². The van der Waals surface area contributed by atoms with E-state index in [-0.39, 0.29) is 16.4 Å². The summed E-state index contributed by atoms with van der Waals surface area (Å²) < 4.78 is 4.63. The van der Waals surface area contributed by atoms with Crippen LogP contribution in [0.3, 0.4) is 0 Å². The lowest BCUT2D eigenvalue weighted by Gasteiger charge is -2.35. The van der Waals surface area contributed by atoms with E-state index < -0.39 is 0 Å². The van der Waals surface area contributed by atoms with E-state index >= 15 is 0 Å². The van der Waals surface area contributed by atoms with Crippen molar-refractivity contribution < 1.29 is 9.32 Å². The van der Waals surface area contributed by atoms with Crippen LogP contribution in [0.2, 0.25) is 0 Å². The molecule has 1 amide bonds. The van der Waals surface area contributed by atoms with Gasteiger partial charge in [0.05, 0.1) is 11.8 Å². The van der Waals surface area contributed by atoms with Gasteiger partial charge < -0.3 is 9.42 Å². The summed E-state index contributed by atoms with van der Waals surface area (Å²) in [6.45, 7) is 2.96. The van der Waals surface area contributed by atoms with Gasteiger partial charge in [-0.25, -0.2) is 0 Å². The number of rotatable bonds is 2. The molecule has 6 heteroatoms. The molecule has 96 valence electrons. The van der Waals surface area contributed by atoms with Crippen LogP contribution >= 0.6 is 11.8 Å². The summed E-state index contributed by atoms with van der Waals surface area (Å²) in [7, 11) is 0. The highest BCUT2D eigenvalue weighted by molar-refractivity contribution is 8.00. The smallest absolute Gasteiger partial charge is 0.292 e. The standard InChI is InChI=1S/C12H15N3O2S/c1-9-7-10(17-14-9)11(16)15-5-3-12(8-13,18-2)4-6-15/h7H,3-6H2,1-2H3. The molecule has 1 aromatic heterocycles. The fourth-order valence-corrected chi connectivity index (χ4v) is 2.73. The summed E-state index contributed by atoms with van der Waals surface area (Å²) >= 11 is 1.57. The quantitative estimate of drug-likeness (QED) is 0.816. The Morgan fingerprint density at radius 1 is 1.61 bits per heavy atom. The van der Waals surface area contributed by atoms with Crippen LogP contribution in [0.25, 0.3) is 0 Å². The maximum atomic E-state index is 12.1. The third-order valence-electron chi connectivity index (χ3n) is 3.29. The van der Waals surface area contributed by atoms with Crippen molar-refractivity contribution in [1.29, 1.82) is 5.26 Å². The normalized spacial score (nSPS) is 18.4. The number of likely N-dealkylation sites (tertiary alicyclic amines) is 1. The third-order valence-corrected chi connectivity index (χ3v) is 4.57. The molecule has 0 radical (unpaired) electrons. The second-order valence-electron chi connectivity index (χ2n) is 4.43. The topological polar surface area (TPSA) is 70.1 Å². The maximum absolute atomic E-state index is 12.1. The van der Waals surface area contributed by atoms with Gasteiger partial charge in [0.1, 0.15) is 4.75 Å². The van der Waals surface area contributed by atoms with Crippen LogP contribution in [-0.4, -0.2) is 40.1 Å². The Kier molecular flexibility index (Phi) is 3.62. The first-order valence-electron chi connectivity index (χ1n) is 5.79. The molecule has 5 nitrogen and oxygen atoms in total. The van der Waals surface area contributed by atoms with Gasteiger partial charge in [0.25, 0.3) is 5.91 Å². The third kappa shape index (κ3) is 2.36. The first-order chi connectivity index (χ1) is 8.60. The maximum Gasteiger partial charge on any atom is 0.292 e. The lowest BCUT2D eigenvalue weighted by molar-refractivity contribution is 0.0674. The first-order valence-corrected chi connectivity index (χ1v) is 7.02. The molecular formula is C12H15N3O2S. The zero-order valence-electron chi connectivity index (χ0n) is 10.5. The van der Waals surface area contributed by atoms with E-state index in [0.29, 0.717) is 31.6 Å². The van der Waals surface area contributed by atoms with Crippen LogP contribution in [0.15, 0.2) is 10.6 Å². The minimum atomic E-state index is -0.339. The fraction of sp³-hybridized carbons (Fsp3) is 0.583. The van der Waals surface area contributed by atoms with Crippen molar-refractivity contribution in [3.8, 4) is 6.07 Å². The largest absolute Gasteiger partial charge is 0.351 e. The molecule has 0 bridgehead atoms. The van der Waals surface area contributed by atoms with E-state index in [2.05, 4.69) is 11.2 Å². The average Bonchev–Trinajstić information content (AvgIpc) is 2.85. The van der Waals surface area contributed by atoms with Crippen LogP contribution in [0, 0.1) is 18.3 Å². The molecule has 0 atom stereocenters. The molecular weight excluding hydrogens is 250 g/mol. The molecule has 2 heterocycles. The Balaban J connectivity index is 2.02. The number of nitrogens with zero attached hydrogens (tertiary/aromatic N) is 3. The number of amides is 1. The molecule has 0 N–H and O–H groups in total. The molecule has 1 saturated heterocycles. The van der Waals surface area contributed by atoms with Crippen molar-refractivity contribution in [2.45, 2.75) is 24.5 Å². The zero-order chi connectivity index (χ0) is 13.2. The van der Waals surface area contributed by atoms with E-state index in [1.807, 2.05) is 6.26 Å². The Hall–Kier alpha value is -1.48. The minimum Gasteiger partial charge on any atom is -0.351 e. The van der Waals surface area contributed by atoms with Crippen molar-refractivity contribution >= 4 is 17.7 Å². The highest BCUT2D eigenvalue weighted by Gasteiger charge is 2.36. The van der Waals surface area contributed by atoms with Gasteiger partial charge in [-0.1, -0.05) is 5.16 Å². The molecule has 0 unspecified atom stereocenters. The van der Waals surface area contributed by atoms with E-state index in [0.717, 1.165) is 0 Å². The van der Waals surface area contributed by atoms with Gasteiger partial charge in [-0.05, 0) is 26.0 Å². The van der Waals surface area contributed by atoms with E-state index in [4.69, 9.17) is 4.52 Å². The Morgan fingerprint density at radius 3 is 2.72 bits per heavy atom. The number of hydrogen-bond donors (Lipinski definition) is 0. The van der Waals surface area contributed by atoms with Crippen LogP contribution in [-0.2, 0) is 0 Å². The second-order valence-corrected chi connectivity index (χ2v) is 5.62. The molecule has 1 fully saturated rings.